The van der Waals surface area contributed by atoms with Gasteiger partial charge in [0.05, 0.1) is 38.4 Å². The van der Waals surface area contributed by atoms with Crippen molar-refractivity contribution in [1.82, 2.24) is 15.1 Å². The lowest BCUT2D eigenvalue weighted by atomic mass is 10.1. The molecule has 44 heavy (non-hydrogen) atoms. The molecule has 2 heterocycles. The highest BCUT2D eigenvalue weighted by atomic mass is 35.5. The molecule has 0 unspecified atom stereocenters. The molecule has 1 saturated heterocycles. The Hall–Kier alpha value is -3.82. The molecule has 1 atom stereocenters. The van der Waals surface area contributed by atoms with Crippen LogP contribution in [0.2, 0.25) is 5.02 Å². The van der Waals surface area contributed by atoms with E-state index in [0.717, 1.165) is 51.3 Å². The first kappa shape index (κ1) is 30.2. The van der Waals surface area contributed by atoms with Crippen LogP contribution in [0.5, 0.6) is 0 Å². The Labute approximate surface area is 265 Å². The molecule has 1 N–H and O–H groups in total. The summed E-state index contributed by atoms with van der Waals surface area (Å²) in [6, 6.07) is 29.9. The fourth-order valence-electron chi connectivity index (χ4n) is 5.80. The van der Waals surface area contributed by atoms with Crippen molar-refractivity contribution < 1.29 is 13.8 Å². The Kier molecular flexibility index (Phi) is 9.52. The summed E-state index contributed by atoms with van der Waals surface area (Å²) in [5.74, 6) is -0.489. The van der Waals surface area contributed by atoms with Gasteiger partial charge in [-0.3, -0.25) is 14.5 Å². The normalized spacial score (nSPS) is 17.1. The maximum absolute atomic E-state index is 13.8. The van der Waals surface area contributed by atoms with Crippen molar-refractivity contribution in [2.24, 2.45) is 0 Å². The predicted molar refractivity (Wildman–Crippen MR) is 175 cm³/mol. The number of fused-ring (bicyclic) bond motifs is 2. The standard InChI is InChI=1S/C35H35ClN4O3S/c36-29-11-6-10-27(22-29)25-40-31-23-28(14-15-33(31)44(43)32-13-5-4-12-30(32)35(40)42)34(41)37-16-7-17-38-18-20-39(21-19-38)24-26-8-2-1-3-9-26/h1-6,8-15,22-23H,7,16-21,24-25H2,(H,37,41)/t44-/m0/s1. The second kappa shape index (κ2) is 13.9. The SMILES string of the molecule is O=C(NCCCN1CCN(Cc2ccccc2)CC1)c1ccc2c(c1)N(Cc1cccc(Cl)c1)C(=O)c1ccccc1[S@@]2=O. The summed E-state index contributed by atoms with van der Waals surface area (Å²) in [6.07, 6.45) is 0.841. The molecule has 4 aromatic rings. The van der Waals surface area contributed by atoms with Crippen LogP contribution in [0.1, 0.15) is 38.3 Å². The molecule has 2 aliphatic rings. The molecule has 0 aromatic heterocycles. The smallest absolute Gasteiger partial charge is 0.259 e. The number of carbonyl (C=O) groups is 2. The first-order chi connectivity index (χ1) is 21.5. The number of anilines is 1. The Morgan fingerprint density at radius 2 is 1.50 bits per heavy atom. The number of halogens is 1. The highest BCUT2D eigenvalue weighted by Crippen LogP contribution is 2.36. The van der Waals surface area contributed by atoms with Gasteiger partial charge < -0.3 is 15.1 Å². The average molecular weight is 627 g/mol. The van der Waals surface area contributed by atoms with Gasteiger partial charge in [-0.2, -0.15) is 0 Å². The van der Waals surface area contributed by atoms with Gasteiger partial charge in [-0.1, -0.05) is 66.2 Å². The van der Waals surface area contributed by atoms with Crippen LogP contribution in [0.15, 0.2) is 107 Å². The van der Waals surface area contributed by atoms with Crippen LogP contribution in [0.25, 0.3) is 0 Å². The van der Waals surface area contributed by atoms with Crippen LogP contribution in [0, 0.1) is 0 Å². The number of amides is 2. The van der Waals surface area contributed by atoms with Crippen LogP contribution in [-0.2, 0) is 23.9 Å². The zero-order valence-electron chi connectivity index (χ0n) is 24.5. The van der Waals surface area contributed by atoms with E-state index in [-0.39, 0.29) is 18.4 Å². The molecule has 0 radical (unpaired) electrons. The summed E-state index contributed by atoms with van der Waals surface area (Å²) in [7, 11) is -1.59. The second-order valence-corrected chi connectivity index (χ2v) is 13.0. The summed E-state index contributed by atoms with van der Waals surface area (Å²) in [6.45, 7) is 6.77. The van der Waals surface area contributed by atoms with E-state index in [1.807, 2.05) is 24.3 Å². The monoisotopic (exact) mass is 626 g/mol. The van der Waals surface area contributed by atoms with Crippen molar-refractivity contribution in [3.8, 4) is 0 Å². The lowest BCUT2D eigenvalue weighted by Crippen LogP contribution is -2.46. The Morgan fingerprint density at radius 1 is 0.773 bits per heavy atom. The summed E-state index contributed by atoms with van der Waals surface area (Å²) in [5.41, 5.74) is 3.44. The maximum atomic E-state index is 13.8. The number of nitrogens with zero attached hydrogens (tertiary/aromatic N) is 3. The Morgan fingerprint density at radius 3 is 2.30 bits per heavy atom. The summed E-state index contributed by atoms with van der Waals surface area (Å²) in [5, 5.41) is 3.61. The number of rotatable bonds is 9. The van der Waals surface area contributed by atoms with E-state index >= 15 is 0 Å². The molecular weight excluding hydrogens is 592 g/mol. The van der Waals surface area contributed by atoms with Crippen LogP contribution in [0.3, 0.4) is 0 Å². The quantitative estimate of drug-likeness (QED) is 0.245. The molecule has 9 heteroatoms. The third-order valence-electron chi connectivity index (χ3n) is 8.15. The number of piperazine rings is 1. The van der Waals surface area contributed by atoms with Gasteiger partial charge in [-0.05, 0) is 66.6 Å². The summed E-state index contributed by atoms with van der Waals surface area (Å²) >= 11 is 6.24. The van der Waals surface area contributed by atoms with Crippen molar-refractivity contribution in [3.63, 3.8) is 0 Å². The molecule has 0 spiro atoms. The average Bonchev–Trinajstić information content (AvgIpc) is 3.13. The van der Waals surface area contributed by atoms with Crippen molar-refractivity contribution in [2.75, 3.05) is 44.2 Å². The molecule has 0 aliphatic carbocycles. The Bertz CT molecular complexity index is 1670. The number of carbonyl (C=O) groups excluding carboxylic acids is 2. The number of nitrogens with one attached hydrogen (secondary N) is 1. The van der Waals surface area contributed by atoms with Crippen molar-refractivity contribution in [3.05, 3.63) is 124 Å². The van der Waals surface area contributed by atoms with Gasteiger partial charge in [0.1, 0.15) is 0 Å². The van der Waals surface area contributed by atoms with Gasteiger partial charge in [0.15, 0.2) is 0 Å². The molecular formula is C35H35ClN4O3S. The van der Waals surface area contributed by atoms with E-state index in [0.29, 0.717) is 38.2 Å². The Balaban J connectivity index is 1.10. The van der Waals surface area contributed by atoms with Gasteiger partial charge in [0, 0.05) is 49.9 Å². The molecule has 226 valence electrons. The van der Waals surface area contributed by atoms with Crippen LogP contribution >= 0.6 is 11.6 Å². The van der Waals surface area contributed by atoms with Crippen molar-refractivity contribution in [1.29, 1.82) is 0 Å². The lowest BCUT2D eigenvalue weighted by molar-refractivity contribution is 0.0944. The van der Waals surface area contributed by atoms with E-state index in [9.17, 15) is 13.8 Å². The maximum Gasteiger partial charge on any atom is 0.259 e. The summed E-state index contributed by atoms with van der Waals surface area (Å²) in [4.78, 5) is 34.6. The number of hydrogen-bond donors (Lipinski definition) is 1. The molecule has 0 bridgehead atoms. The van der Waals surface area contributed by atoms with E-state index < -0.39 is 10.8 Å². The molecule has 2 aliphatic heterocycles. The topological polar surface area (TPSA) is 73.0 Å². The van der Waals surface area contributed by atoms with Crippen LogP contribution in [0.4, 0.5) is 5.69 Å². The van der Waals surface area contributed by atoms with Gasteiger partial charge in [-0.25, -0.2) is 4.21 Å². The van der Waals surface area contributed by atoms with E-state index in [4.69, 9.17) is 11.6 Å². The minimum Gasteiger partial charge on any atom is -0.352 e. The minimum atomic E-state index is -1.59. The van der Waals surface area contributed by atoms with Gasteiger partial charge in [0.25, 0.3) is 11.8 Å². The van der Waals surface area contributed by atoms with Gasteiger partial charge >= 0.3 is 0 Å². The van der Waals surface area contributed by atoms with Gasteiger partial charge in [0.2, 0.25) is 0 Å². The third kappa shape index (κ3) is 6.94. The molecule has 4 aromatic carbocycles. The summed E-state index contributed by atoms with van der Waals surface area (Å²) < 4.78 is 13.7. The number of hydrogen-bond acceptors (Lipinski definition) is 5. The molecule has 7 nitrogen and oxygen atoms in total. The largest absolute Gasteiger partial charge is 0.352 e. The van der Waals surface area contributed by atoms with Crippen LogP contribution in [-0.4, -0.2) is 65.1 Å². The van der Waals surface area contributed by atoms with Gasteiger partial charge in [-0.15, -0.1) is 0 Å². The number of benzene rings is 4. The molecule has 2 amide bonds. The van der Waals surface area contributed by atoms with Crippen molar-refractivity contribution in [2.45, 2.75) is 29.3 Å². The van der Waals surface area contributed by atoms with E-state index in [2.05, 4.69) is 39.4 Å². The first-order valence-electron chi connectivity index (χ1n) is 14.9. The van der Waals surface area contributed by atoms with E-state index in [1.54, 1.807) is 53.4 Å². The van der Waals surface area contributed by atoms with Crippen LogP contribution < -0.4 is 10.2 Å². The highest BCUT2D eigenvalue weighted by Gasteiger charge is 2.31. The minimum absolute atomic E-state index is 0.219. The zero-order valence-corrected chi connectivity index (χ0v) is 26.0. The fourth-order valence-corrected chi connectivity index (χ4v) is 7.36. The van der Waals surface area contributed by atoms with E-state index in [1.165, 1.54) is 5.56 Å². The lowest BCUT2D eigenvalue weighted by Gasteiger charge is -2.34. The zero-order chi connectivity index (χ0) is 30.5. The first-order valence-corrected chi connectivity index (χ1v) is 16.5. The molecule has 6 rings (SSSR count). The molecule has 1 fully saturated rings. The predicted octanol–water partition coefficient (Wildman–Crippen LogP) is 5.60. The third-order valence-corrected chi connectivity index (χ3v) is 9.89. The highest BCUT2D eigenvalue weighted by molar-refractivity contribution is 7.85. The van der Waals surface area contributed by atoms with Crippen molar-refractivity contribution >= 4 is 39.9 Å². The molecule has 0 saturated carbocycles. The fraction of sp³-hybridized carbons (Fsp3) is 0.257. The second-order valence-electron chi connectivity index (χ2n) is 11.2.